The Morgan fingerprint density at radius 1 is 1.32 bits per heavy atom. The number of rotatable bonds is 2. The van der Waals surface area contributed by atoms with Gasteiger partial charge in [0.15, 0.2) is 5.58 Å². The van der Waals surface area contributed by atoms with Crippen molar-refractivity contribution in [3.05, 3.63) is 29.2 Å². The number of aromatic nitrogens is 1. The monoisotopic (exact) mass is 271 g/mol. The van der Waals surface area contributed by atoms with Crippen LogP contribution in [-0.4, -0.2) is 10.8 Å². The van der Waals surface area contributed by atoms with Gasteiger partial charge in [0.25, 0.3) is 5.89 Å². The van der Waals surface area contributed by atoms with Crippen molar-refractivity contribution in [2.24, 2.45) is 0 Å². The molecule has 0 saturated heterocycles. The van der Waals surface area contributed by atoms with Gasteiger partial charge in [-0.25, -0.2) is 4.98 Å². The highest BCUT2D eigenvalue weighted by Crippen LogP contribution is 2.37. The van der Waals surface area contributed by atoms with Gasteiger partial charge in [0.1, 0.15) is 11.1 Å². The lowest BCUT2D eigenvalue weighted by molar-refractivity contribution is -0.136. The van der Waals surface area contributed by atoms with E-state index >= 15 is 0 Å². The lowest BCUT2D eigenvalue weighted by Gasteiger charge is -2.11. The van der Waals surface area contributed by atoms with Gasteiger partial charge in [-0.2, -0.15) is 13.2 Å². The highest BCUT2D eigenvalue weighted by Gasteiger charge is 2.35. The first-order valence-electron chi connectivity index (χ1n) is 5.72. The predicted octanol–water partition coefficient (Wildman–Crippen LogP) is 4.17. The summed E-state index contributed by atoms with van der Waals surface area (Å²) < 4.78 is 43.9. The summed E-state index contributed by atoms with van der Waals surface area (Å²) in [4.78, 5) is 15.0. The summed E-state index contributed by atoms with van der Waals surface area (Å²) in [5, 5.41) is 0. The summed E-state index contributed by atoms with van der Waals surface area (Å²) >= 11 is 0. The Balaban J connectivity index is 2.79. The molecule has 2 rings (SSSR count). The number of halogens is 3. The number of oxazole rings is 1. The third-order valence-electron chi connectivity index (χ3n) is 2.79. The molecule has 102 valence electrons. The summed E-state index contributed by atoms with van der Waals surface area (Å²) in [5.74, 6) is -0.889. The molecule has 0 bridgehead atoms. The van der Waals surface area contributed by atoms with Gasteiger partial charge in [-0.15, -0.1) is 0 Å². The van der Waals surface area contributed by atoms with E-state index in [2.05, 4.69) is 4.98 Å². The third kappa shape index (κ3) is 2.47. The van der Waals surface area contributed by atoms with E-state index in [9.17, 15) is 18.0 Å². The fourth-order valence-corrected chi connectivity index (χ4v) is 1.75. The summed E-state index contributed by atoms with van der Waals surface area (Å²) in [6, 6.07) is 2.56. The first-order chi connectivity index (χ1) is 8.70. The first kappa shape index (κ1) is 13.6. The van der Waals surface area contributed by atoms with Crippen LogP contribution in [0.25, 0.3) is 11.1 Å². The minimum atomic E-state index is -4.54. The molecule has 0 radical (unpaired) electrons. The number of hydrogen-bond donors (Lipinski definition) is 0. The molecule has 19 heavy (non-hydrogen) atoms. The van der Waals surface area contributed by atoms with E-state index < -0.39 is 17.5 Å². The van der Waals surface area contributed by atoms with Crippen LogP contribution < -0.4 is 0 Å². The van der Waals surface area contributed by atoms with E-state index in [1.54, 1.807) is 13.8 Å². The molecule has 3 nitrogen and oxygen atoms in total. The number of carbonyl (C=O) groups is 1. The lowest BCUT2D eigenvalue weighted by atomic mass is 9.99. The number of benzene rings is 1. The largest absolute Gasteiger partial charge is 0.433 e. The summed E-state index contributed by atoms with van der Waals surface area (Å²) in [6.07, 6.45) is -4.54. The zero-order valence-corrected chi connectivity index (χ0v) is 10.6. The second-order valence-electron chi connectivity index (χ2n) is 4.64. The average Bonchev–Trinajstić information content (AvgIpc) is 2.69. The number of ketones is 1. The molecule has 0 aliphatic rings. The molecule has 0 atom stereocenters. The van der Waals surface area contributed by atoms with Crippen molar-refractivity contribution in [1.29, 1.82) is 0 Å². The molecule has 6 heteroatoms. The zero-order chi connectivity index (χ0) is 14.4. The van der Waals surface area contributed by atoms with Gasteiger partial charge in [-0.3, -0.25) is 4.79 Å². The van der Waals surface area contributed by atoms with Crippen LogP contribution >= 0.6 is 0 Å². The maximum Gasteiger partial charge on any atom is 0.420 e. The van der Waals surface area contributed by atoms with Gasteiger partial charge in [0.05, 0.1) is 0 Å². The molecule has 0 unspecified atom stereocenters. The van der Waals surface area contributed by atoms with Crippen molar-refractivity contribution in [3.63, 3.8) is 0 Å². The lowest BCUT2D eigenvalue weighted by Crippen LogP contribution is -2.06. The third-order valence-corrected chi connectivity index (χ3v) is 2.79. The highest BCUT2D eigenvalue weighted by atomic mass is 19.4. The molecule has 0 N–H and O–H groups in total. The van der Waals surface area contributed by atoms with Crippen LogP contribution in [0.15, 0.2) is 16.5 Å². The summed E-state index contributed by atoms with van der Waals surface area (Å²) in [6.45, 7) is 4.77. The van der Waals surface area contributed by atoms with Crippen molar-refractivity contribution >= 4 is 16.9 Å². The van der Waals surface area contributed by atoms with Gasteiger partial charge in [-0.1, -0.05) is 13.8 Å². The molecule has 0 amide bonds. The topological polar surface area (TPSA) is 43.1 Å². The van der Waals surface area contributed by atoms with Crippen LogP contribution in [0.5, 0.6) is 0 Å². The Bertz CT molecular complexity index is 641. The quantitative estimate of drug-likeness (QED) is 0.770. The zero-order valence-electron chi connectivity index (χ0n) is 10.6. The molecule has 1 aromatic carbocycles. The van der Waals surface area contributed by atoms with Gasteiger partial charge < -0.3 is 4.42 Å². The minimum absolute atomic E-state index is 0.0590. The summed E-state index contributed by atoms with van der Waals surface area (Å²) in [5.41, 5.74) is -0.720. The van der Waals surface area contributed by atoms with Crippen molar-refractivity contribution < 1.29 is 22.4 Å². The molecule has 1 heterocycles. The van der Waals surface area contributed by atoms with Gasteiger partial charge in [-0.05, 0) is 23.6 Å². The maximum atomic E-state index is 13.0. The second kappa shape index (κ2) is 4.36. The van der Waals surface area contributed by atoms with Crippen LogP contribution in [0.2, 0.25) is 0 Å². The van der Waals surface area contributed by atoms with E-state index in [1.165, 1.54) is 13.0 Å². The number of alkyl halides is 3. The van der Waals surface area contributed by atoms with Crippen molar-refractivity contribution in [2.75, 3.05) is 0 Å². The number of fused-ring (bicyclic) bond motifs is 1. The number of hydrogen-bond acceptors (Lipinski definition) is 3. The SMILES string of the molecule is CC(=O)c1nc2cc(C(C)C)cc(C(F)(F)F)c2o1. The number of Topliss-reactive ketones (excluding diaryl/α,β-unsaturated/α-hetero) is 1. The fourth-order valence-electron chi connectivity index (χ4n) is 1.75. The normalized spacial score (nSPS) is 12.4. The molecule has 0 aliphatic heterocycles. The van der Waals surface area contributed by atoms with E-state index in [0.717, 1.165) is 6.07 Å². The van der Waals surface area contributed by atoms with Crippen LogP contribution in [-0.2, 0) is 6.18 Å². The Hall–Kier alpha value is -1.85. The molecule has 0 saturated carbocycles. The number of nitrogens with zero attached hydrogens (tertiary/aromatic N) is 1. The summed E-state index contributed by atoms with van der Waals surface area (Å²) in [7, 11) is 0. The van der Waals surface area contributed by atoms with E-state index in [0.29, 0.717) is 5.56 Å². The maximum absolute atomic E-state index is 13.0. The number of carbonyl (C=O) groups excluding carboxylic acids is 1. The fraction of sp³-hybridized carbons (Fsp3) is 0.385. The Labute approximate surface area is 107 Å². The van der Waals surface area contributed by atoms with Crippen LogP contribution in [0.4, 0.5) is 13.2 Å². The Morgan fingerprint density at radius 2 is 1.95 bits per heavy atom. The predicted molar refractivity (Wildman–Crippen MR) is 63.1 cm³/mol. The second-order valence-corrected chi connectivity index (χ2v) is 4.64. The Kier molecular flexibility index (Phi) is 3.12. The van der Waals surface area contributed by atoms with Gasteiger partial charge in [0.2, 0.25) is 5.78 Å². The smallest absolute Gasteiger partial charge is 0.420 e. The molecular formula is C13H12F3NO2. The van der Waals surface area contributed by atoms with E-state index in [4.69, 9.17) is 4.42 Å². The molecule has 2 aromatic rings. The molecule has 0 aliphatic carbocycles. The molecule has 0 spiro atoms. The van der Waals surface area contributed by atoms with Crippen LogP contribution in [0.3, 0.4) is 0 Å². The standard InChI is InChI=1S/C13H12F3NO2/c1-6(2)8-4-9(13(14,15)16)11-10(5-8)17-12(19-11)7(3)18/h4-6H,1-3H3. The molecular weight excluding hydrogens is 259 g/mol. The van der Waals surface area contributed by atoms with Crippen molar-refractivity contribution in [1.82, 2.24) is 4.98 Å². The molecule has 1 aromatic heterocycles. The van der Waals surface area contributed by atoms with Crippen molar-refractivity contribution in [2.45, 2.75) is 32.9 Å². The molecule has 0 fully saturated rings. The first-order valence-corrected chi connectivity index (χ1v) is 5.72. The van der Waals surface area contributed by atoms with Gasteiger partial charge in [0, 0.05) is 6.92 Å². The highest BCUT2D eigenvalue weighted by molar-refractivity contribution is 5.92. The van der Waals surface area contributed by atoms with Gasteiger partial charge >= 0.3 is 6.18 Å². The van der Waals surface area contributed by atoms with Crippen LogP contribution in [0.1, 0.15) is 48.5 Å². The van der Waals surface area contributed by atoms with Crippen LogP contribution in [0, 0.1) is 0 Å². The van der Waals surface area contributed by atoms with E-state index in [1.807, 2.05) is 0 Å². The Morgan fingerprint density at radius 3 is 2.42 bits per heavy atom. The van der Waals surface area contributed by atoms with E-state index in [-0.39, 0.29) is 22.9 Å². The van der Waals surface area contributed by atoms with Crippen molar-refractivity contribution in [3.8, 4) is 0 Å². The minimum Gasteiger partial charge on any atom is -0.433 e. The average molecular weight is 271 g/mol.